The molecule has 0 atom stereocenters. The molecule has 0 aromatic carbocycles. The number of nitrogen functional groups attached to an aromatic ring is 1. The fraction of sp³-hybridized carbons (Fsp3) is 0.556. The minimum Gasteiger partial charge on any atom is -0.368 e. The molecule has 8 heteroatoms. The van der Waals surface area contributed by atoms with E-state index in [1.165, 1.54) is 0 Å². The number of rotatable bonds is 3. The van der Waals surface area contributed by atoms with E-state index < -0.39 is 0 Å². The molecular weight excluding hydrogens is 330 g/mol. The number of aromatic nitrogens is 4. The van der Waals surface area contributed by atoms with Gasteiger partial charge in [-0.2, -0.15) is 4.98 Å². The summed E-state index contributed by atoms with van der Waals surface area (Å²) in [6.07, 6.45) is 3.80. The maximum Gasteiger partial charge on any atom is 0.251 e. The molecule has 4 rings (SSSR count). The van der Waals surface area contributed by atoms with Crippen LogP contribution in [0.1, 0.15) is 54.7 Å². The largest absolute Gasteiger partial charge is 0.368 e. The van der Waals surface area contributed by atoms with Crippen LogP contribution < -0.4 is 21.9 Å². The van der Waals surface area contributed by atoms with Gasteiger partial charge in [0, 0.05) is 43.1 Å². The quantitative estimate of drug-likeness (QED) is 0.750. The monoisotopic (exact) mass is 355 g/mol. The van der Waals surface area contributed by atoms with Gasteiger partial charge in [-0.15, -0.1) is 0 Å². The van der Waals surface area contributed by atoms with Crippen LogP contribution >= 0.6 is 0 Å². The Morgan fingerprint density at radius 3 is 2.42 bits per heavy atom. The van der Waals surface area contributed by atoms with Crippen LogP contribution in [-0.4, -0.2) is 39.1 Å². The number of aryl methyl sites for hydroxylation is 1. The first-order valence-electron chi connectivity index (χ1n) is 9.21. The summed E-state index contributed by atoms with van der Waals surface area (Å²) in [5.41, 5.74) is 13.6. The van der Waals surface area contributed by atoms with Crippen molar-refractivity contribution in [2.45, 2.75) is 50.5 Å². The van der Waals surface area contributed by atoms with Crippen molar-refractivity contribution < 1.29 is 0 Å². The number of piperidine rings is 1. The highest BCUT2D eigenvalue weighted by atomic mass is 16.1. The summed E-state index contributed by atoms with van der Waals surface area (Å²) in [4.78, 5) is 30.0. The Labute approximate surface area is 152 Å². The molecule has 1 saturated carbocycles. The van der Waals surface area contributed by atoms with Crippen molar-refractivity contribution in [3.8, 4) is 0 Å². The lowest BCUT2D eigenvalue weighted by Gasteiger charge is -2.35. The molecule has 0 spiro atoms. The number of nitrogens with two attached hydrogens (primary N) is 2. The first-order chi connectivity index (χ1) is 12.5. The van der Waals surface area contributed by atoms with E-state index in [2.05, 4.69) is 30.9 Å². The second-order valence-corrected chi connectivity index (χ2v) is 7.45. The van der Waals surface area contributed by atoms with E-state index in [4.69, 9.17) is 11.5 Å². The number of anilines is 2. The van der Waals surface area contributed by atoms with Crippen LogP contribution in [0.2, 0.25) is 0 Å². The lowest BCUT2D eigenvalue weighted by Crippen LogP contribution is -2.36. The third-order valence-electron chi connectivity index (χ3n) is 5.46. The number of nitrogens with zero attached hydrogens (tertiary/aromatic N) is 4. The van der Waals surface area contributed by atoms with Crippen LogP contribution in [0, 0.1) is 6.92 Å². The lowest BCUT2D eigenvalue weighted by atomic mass is 9.78. The molecule has 8 nitrogen and oxygen atoms in total. The van der Waals surface area contributed by atoms with Crippen LogP contribution in [0.4, 0.5) is 11.8 Å². The van der Waals surface area contributed by atoms with Crippen molar-refractivity contribution in [1.82, 2.24) is 19.9 Å². The van der Waals surface area contributed by atoms with Gasteiger partial charge < -0.3 is 21.4 Å². The third-order valence-corrected chi connectivity index (χ3v) is 5.46. The fourth-order valence-electron chi connectivity index (χ4n) is 3.96. The number of hydrogen-bond acceptors (Lipinski definition) is 7. The SMILES string of the molecule is Cc1nc(C2CCN(c3cc(C4CC(N)C4)nc(N)n3)CC2)cc(=O)[nH]1. The first kappa shape index (κ1) is 17.0. The maximum absolute atomic E-state index is 11.7. The van der Waals surface area contributed by atoms with Gasteiger partial charge in [-0.3, -0.25) is 4.79 Å². The van der Waals surface area contributed by atoms with Gasteiger partial charge >= 0.3 is 0 Å². The molecule has 0 radical (unpaired) electrons. The lowest BCUT2D eigenvalue weighted by molar-refractivity contribution is 0.345. The van der Waals surface area contributed by atoms with Crippen molar-refractivity contribution >= 4 is 11.8 Å². The van der Waals surface area contributed by atoms with Crippen LogP contribution in [0.15, 0.2) is 16.9 Å². The topological polar surface area (TPSA) is 127 Å². The van der Waals surface area contributed by atoms with Crippen LogP contribution in [0.3, 0.4) is 0 Å². The van der Waals surface area contributed by atoms with E-state index >= 15 is 0 Å². The molecule has 0 bridgehead atoms. The molecule has 138 valence electrons. The van der Waals surface area contributed by atoms with E-state index in [1.54, 1.807) is 6.07 Å². The van der Waals surface area contributed by atoms with Gasteiger partial charge in [-0.25, -0.2) is 9.97 Å². The summed E-state index contributed by atoms with van der Waals surface area (Å²) >= 11 is 0. The summed E-state index contributed by atoms with van der Waals surface area (Å²) in [6.45, 7) is 3.54. The van der Waals surface area contributed by atoms with Crippen molar-refractivity contribution in [3.63, 3.8) is 0 Å². The van der Waals surface area contributed by atoms with Gasteiger partial charge in [-0.1, -0.05) is 0 Å². The molecule has 2 fully saturated rings. The molecule has 26 heavy (non-hydrogen) atoms. The average Bonchev–Trinajstić information content (AvgIpc) is 2.58. The molecule has 1 aliphatic heterocycles. The molecule has 3 heterocycles. The predicted octanol–water partition coefficient (Wildman–Crippen LogP) is 1.04. The second kappa shape index (κ2) is 6.68. The minimum atomic E-state index is -0.0816. The van der Waals surface area contributed by atoms with E-state index in [0.717, 1.165) is 56.0 Å². The van der Waals surface area contributed by atoms with Gasteiger partial charge in [0.2, 0.25) is 5.95 Å². The zero-order valence-electron chi connectivity index (χ0n) is 15.0. The zero-order chi connectivity index (χ0) is 18.3. The van der Waals surface area contributed by atoms with Crippen LogP contribution in [0.25, 0.3) is 0 Å². The summed E-state index contributed by atoms with van der Waals surface area (Å²) in [7, 11) is 0. The molecular formula is C18H25N7O. The smallest absolute Gasteiger partial charge is 0.251 e. The van der Waals surface area contributed by atoms with E-state index in [1.807, 2.05) is 6.92 Å². The number of aromatic amines is 1. The summed E-state index contributed by atoms with van der Waals surface area (Å²) in [5, 5.41) is 0. The van der Waals surface area contributed by atoms with Crippen molar-refractivity contribution in [3.05, 3.63) is 39.7 Å². The Hall–Kier alpha value is -2.48. The first-order valence-corrected chi connectivity index (χ1v) is 9.21. The summed E-state index contributed by atoms with van der Waals surface area (Å²) in [5.74, 6) is 2.58. The summed E-state index contributed by atoms with van der Waals surface area (Å²) < 4.78 is 0. The van der Waals surface area contributed by atoms with E-state index in [0.29, 0.717) is 23.6 Å². The molecule has 5 N–H and O–H groups in total. The molecule has 2 aromatic heterocycles. The van der Waals surface area contributed by atoms with E-state index in [-0.39, 0.29) is 11.6 Å². The average molecular weight is 355 g/mol. The molecule has 2 aromatic rings. The Balaban J connectivity index is 1.47. The van der Waals surface area contributed by atoms with Crippen molar-refractivity contribution in [1.29, 1.82) is 0 Å². The Bertz CT molecular complexity index is 851. The number of hydrogen-bond donors (Lipinski definition) is 3. The number of H-pyrrole nitrogens is 1. The second-order valence-electron chi connectivity index (χ2n) is 7.45. The highest BCUT2D eigenvalue weighted by Gasteiger charge is 2.30. The molecule has 1 aliphatic carbocycles. The highest BCUT2D eigenvalue weighted by molar-refractivity contribution is 5.45. The van der Waals surface area contributed by atoms with Gasteiger partial charge in [0.15, 0.2) is 0 Å². The molecule has 2 aliphatic rings. The van der Waals surface area contributed by atoms with Crippen LogP contribution in [0.5, 0.6) is 0 Å². The van der Waals surface area contributed by atoms with Gasteiger partial charge in [-0.05, 0) is 32.6 Å². The fourth-order valence-corrected chi connectivity index (χ4v) is 3.96. The minimum absolute atomic E-state index is 0.0816. The molecule has 1 saturated heterocycles. The normalized spacial score (nSPS) is 23.7. The molecule has 0 amide bonds. The van der Waals surface area contributed by atoms with Gasteiger partial charge in [0.1, 0.15) is 11.6 Å². The zero-order valence-corrected chi connectivity index (χ0v) is 15.0. The highest BCUT2D eigenvalue weighted by Crippen LogP contribution is 2.36. The van der Waals surface area contributed by atoms with Crippen molar-refractivity contribution in [2.24, 2.45) is 5.73 Å². The van der Waals surface area contributed by atoms with Crippen molar-refractivity contribution in [2.75, 3.05) is 23.7 Å². The Kier molecular flexibility index (Phi) is 4.36. The molecule has 0 unspecified atom stereocenters. The van der Waals surface area contributed by atoms with E-state index in [9.17, 15) is 4.79 Å². The maximum atomic E-state index is 11.7. The standard InChI is InChI=1S/C18H25N7O/c1-10-21-15(9-17(26)22-10)11-2-4-25(5-3-11)16-8-14(23-18(20)24-16)12-6-13(19)7-12/h8-9,11-13H,2-7,19H2,1H3,(H2,20,23,24)(H,21,22,26). The Morgan fingerprint density at radius 2 is 1.77 bits per heavy atom. The predicted molar refractivity (Wildman–Crippen MR) is 100 cm³/mol. The summed E-state index contributed by atoms with van der Waals surface area (Å²) in [6, 6.07) is 3.96. The Morgan fingerprint density at radius 1 is 1.08 bits per heavy atom. The number of nitrogens with one attached hydrogen (secondary N) is 1. The van der Waals surface area contributed by atoms with Crippen LogP contribution in [-0.2, 0) is 0 Å². The van der Waals surface area contributed by atoms with Gasteiger partial charge in [0.05, 0.1) is 11.4 Å². The van der Waals surface area contributed by atoms with Gasteiger partial charge in [0.25, 0.3) is 5.56 Å². The third kappa shape index (κ3) is 3.41.